The van der Waals surface area contributed by atoms with Crippen LogP contribution in [-0.4, -0.2) is 34.9 Å². The van der Waals surface area contributed by atoms with Crippen molar-refractivity contribution in [2.45, 2.75) is 19.9 Å². The number of nitrogens with one attached hydrogen (secondary N) is 2. The Morgan fingerprint density at radius 1 is 1.03 bits per heavy atom. The summed E-state index contributed by atoms with van der Waals surface area (Å²) in [6.45, 7) is 4.93. The van der Waals surface area contributed by atoms with Crippen molar-refractivity contribution < 1.29 is 14.7 Å². The Morgan fingerprint density at radius 2 is 1.73 bits per heavy atom. The molecule has 1 heterocycles. The number of aromatic hydroxyl groups is 1. The average molecular weight is 424 g/mol. The second-order valence-corrected chi connectivity index (χ2v) is 7.84. The lowest BCUT2D eigenvalue weighted by molar-refractivity contribution is -0.117. The van der Waals surface area contributed by atoms with Gasteiger partial charge in [0.25, 0.3) is 5.91 Å². The van der Waals surface area contributed by atoms with E-state index in [1.807, 2.05) is 36.3 Å². The molecule has 0 saturated heterocycles. The highest BCUT2D eigenvalue weighted by Gasteiger charge is 2.18. The molecule has 0 aliphatic rings. The van der Waals surface area contributed by atoms with Gasteiger partial charge in [-0.15, -0.1) is 11.3 Å². The van der Waals surface area contributed by atoms with Crippen molar-refractivity contribution in [1.82, 2.24) is 4.90 Å². The minimum atomic E-state index is -0.152. The van der Waals surface area contributed by atoms with E-state index in [1.165, 1.54) is 11.3 Å². The van der Waals surface area contributed by atoms with Crippen LogP contribution in [0, 0.1) is 0 Å². The zero-order valence-electron chi connectivity index (χ0n) is 17.0. The second-order valence-electron chi connectivity index (χ2n) is 6.89. The van der Waals surface area contributed by atoms with Crippen molar-refractivity contribution in [2.75, 3.05) is 23.7 Å². The molecule has 6 nitrogen and oxygen atoms in total. The van der Waals surface area contributed by atoms with Crippen LogP contribution in [0.1, 0.15) is 35.1 Å². The van der Waals surface area contributed by atoms with Gasteiger partial charge in [-0.25, -0.2) is 0 Å². The number of thiophene rings is 1. The Balaban J connectivity index is 1.56. The Bertz CT molecular complexity index is 987. The summed E-state index contributed by atoms with van der Waals surface area (Å²) in [5.41, 5.74) is 2.28. The maximum absolute atomic E-state index is 12.5. The summed E-state index contributed by atoms with van der Waals surface area (Å²) in [5, 5.41) is 17.3. The summed E-state index contributed by atoms with van der Waals surface area (Å²) in [6.07, 6.45) is 0. The quantitative estimate of drug-likeness (QED) is 0.489. The Labute approximate surface area is 180 Å². The molecule has 0 aliphatic carbocycles. The van der Waals surface area contributed by atoms with Crippen molar-refractivity contribution in [1.29, 1.82) is 0 Å². The minimum absolute atomic E-state index is 0.0114. The molecular weight excluding hydrogens is 398 g/mol. The molecule has 3 rings (SSSR count). The van der Waals surface area contributed by atoms with Crippen LogP contribution in [0.5, 0.6) is 5.75 Å². The van der Waals surface area contributed by atoms with Gasteiger partial charge in [-0.3, -0.25) is 14.5 Å². The molecule has 0 bridgehead atoms. The lowest BCUT2D eigenvalue weighted by Gasteiger charge is -2.27. The zero-order chi connectivity index (χ0) is 21.5. The molecule has 3 N–H and O–H groups in total. The fourth-order valence-corrected chi connectivity index (χ4v) is 3.76. The molecule has 0 saturated carbocycles. The Morgan fingerprint density at radius 3 is 2.33 bits per heavy atom. The summed E-state index contributed by atoms with van der Waals surface area (Å²) in [5.74, 6) is -0.0633. The molecule has 30 heavy (non-hydrogen) atoms. The van der Waals surface area contributed by atoms with Gasteiger partial charge < -0.3 is 15.7 Å². The number of anilines is 2. The van der Waals surface area contributed by atoms with E-state index >= 15 is 0 Å². The summed E-state index contributed by atoms with van der Waals surface area (Å²) < 4.78 is 0. The normalized spacial score (nSPS) is 11.8. The maximum atomic E-state index is 12.5. The monoisotopic (exact) mass is 423 g/mol. The molecule has 3 aromatic rings. The highest BCUT2D eigenvalue weighted by molar-refractivity contribution is 7.12. The van der Waals surface area contributed by atoms with Gasteiger partial charge in [0, 0.05) is 17.4 Å². The number of rotatable bonds is 8. The van der Waals surface area contributed by atoms with Crippen LogP contribution in [0.2, 0.25) is 0 Å². The van der Waals surface area contributed by atoms with Gasteiger partial charge >= 0.3 is 0 Å². The fraction of sp³-hybridized carbons (Fsp3) is 0.217. The number of phenols is 1. The first-order valence-electron chi connectivity index (χ1n) is 9.74. The first kappa shape index (κ1) is 21.5. The standard InChI is InChI=1S/C23H25N3O3S/c1-3-26(16(2)17-6-4-7-20(27)14-17)15-22(28)24-18-9-11-19(12-10-18)25-23(29)21-8-5-13-30-21/h4-14,16,27H,3,15H2,1-2H3,(H,24,28)(H,25,29). The molecular formula is C23H25N3O3S. The Kier molecular flexibility index (Phi) is 7.21. The maximum Gasteiger partial charge on any atom is 0.265 e. The van der Waals surface area contributed by atoms with Crippen molar-refractivity contribution in [3.8, 4) is 5.75 Å². The van der Waals surface area contributed by atoms with Gasteiger partial charge in [0.15, 0.2) is 0 Å². The highest BCUT2D eigenvalue weighted by Crippen LogP contribution is 2.23. The third-order valence-electron chi connectivity index (χ3n) is 4.82. The summed E-state index contributed by atoms with van der Waals surface area (Å²) >= 11 is 1.38. The number of hydrogen-bond donors (Lipinski definition) is 3. The van der Waals surface area contributed by atoms with Crippen LogP contribution in [0.3, 0.4) is 0 Å². The fourth-order valence-electron chi connectivity index (χ4n) is 3.14. The first-order valence-corrected chi connectivity index (χ1v) is 10.6. The molecule has 1 unspecified atom stereocenters. The molecule has 0 radical (unpaired) electrons. The first-order chi connectivity index (χ1) is 14.5. The van der Waals surface area contributed by atoms with E-state index in [9.17, 15) is 14.7 Å². The van der Waals surface area contributed by atoms with E-state index < -0.39 is 0 Å². The van der Waals surface area contributed by atoms with Gasteiger partial charge in [-0.2, -0.15) is 0 Å². The number of phenolic OH excluding ortho intramolecular Hbond substituents is 1. The summed E-state index contributed by atoms with van der Waals surface area (Å²) in [6, 6.07) is 17.7. The van der Waals surface area contributed by atoms with E-state index in [0.717, 1.165) is 5.56 Å². The van der Waals surface area contributed by atoms with Gasteiger partial charge in [-0.1, -0.05) is 25.1 Å². The lowest BCUT2D eigenvalue weighted by Crippen LogP contribution is -2.35. The molecule has 1 aromatic heterocycles. The van der Waals surface area contributed by atoms with Crippen LogP contribution in [-0.2, 0) is 4.79 Å². The van der Waals surface area contributed by atoms with Crippen LogP contribution in [0.15, 0.2) is 66.0 Å². The number of amides is 2. The van der Waals surface area contributed by atoms with Crippen LogP contribution < -0.4 is 10.6 Å². The highest BCUT2D eigenvalue weighted by atomic mass is 32.1. The van der Waals surface area contributed by atoms with E-state index in [0.29, 0.717) is 22.8 Å². The second kappa shape index (κ2) is 10.0. The van der Waals surface area contributed by atoms with E-state index in [4.69, 9.17) is 0 Å². The number of carbonyl (C=O) groups excluding carboxylic acids is 2. The number of nitrogens with zero attached hydrogens (tertiary/aromatic N) is 1. The molecule has 0 fully saturated rings. The summed E-state index contributed by atoms with van der Waals surface area (Å²) in [4.78, 5) is 27.3. The van der Waals surface area contributed by atoms with E-state index in [-0.39, 0.29) is 30.2 Å². The smallest absolute Gasteiger partial charge is 0.265 e. The van der Waals surface area contributed by atoms with E-state index in [1.54, 1.807) is 48.5 Å². The number of hydrogen-bond acceptors (Lipinski definition) is 5. The van der Waals surface area contributed by atoms with Gasteiger partial charge in [0.05, 0.1) is 11.4 Å². The van der Waals surface area contributed by atoms with Crippen LogP contribution in [0.4, 0.5) is 11.4 Å². The van der Waals surface area contributed by atoms with Crippen LogP contribution >= 0.6 is 11.3 Å². The molecule has 0 aliphatic heterocycles. The summed E-state index contributed by atoms with van der Waals surface area (Å²) in [7, 11) is 0. The molecule has 0 spiro atoms. The van der Waals surface area contributed by atoms with Gasteiger partial charge in [0.2, 0.25) is 5.91 Å². The largest absolute Gasteiger partial charge is 0.508 e. The van der Waals surface area contributed by atoms with Crippen LogP contribution in [0.25, 0.3) is 0 Å². The van der Waals surface area contributed by atoms with Crippen molar-refractivity contribution >= 4 is 34.5 Å². The van der Waals surface area contributed by atoms with Gasteiger partial charge in [-0.05, 0) is 66.9 Å². The molecule has 2 amide bonds. The zero-order valence-corrected chi connectivity index (χ0v) is 17.8. The minimum Gasteiger partial charge on any atom is -0.508 e. The third kappa shape index (κ3) is 5.68. The van der Waals surface area contributed by atoms with Crippen molar-refractivity contribution in [3.05, 3.63) is 76.5 Å². The molecule has 156 valence electrons. The van der Waals surface area contributed by atoms with Crippen molar-refractivity contribution in [2.24, 2.45) is 0 Å². The predicted octanol–water partition coefficient (Wildman–Crippen LogP) is 4.73. The third-order valence-corrected chi connectivity index (χ3v) is 5.69. The molecule has 2 aromatic carbocycles. The number of likely N-dealkylation sites (N-methyl/N-ethyl adjacent to an activating group) is 1. The molecule has 1 atom stereocenters. The Hall–Kier alpha value is -3.16. The van der Waals surface area contributed by atoms with E-state index in [2.05, 4.69) is 10.6 Å². The molecule has 7 heteroatoms. The van der Waals surface area contributed by atoms with Gasteiger partial charge in [0.1, 0.15) is 5.75 Å². The predicted molar refractivity (Wildman–Crippen MR) is 121 cm³/mol. The number of benzene rings is 2. The average Bonchev–Trinajstić information content (AvgIpc) is 3.28. The van der Waals surface area contributed by atoms with Crippen molar-refractivity contribution in [3.63, 3.8) is 0 Å². The SMILES string of the molecule is CCN(CC(=O)Nc1ccc(NC(=O)c2cccs2)cc1)C(C)c1cccc(O)c1. The topological polar surface area (TPSA) is 81.7 Å². The number of carbonyl (C=O) groups is 2. The lowest BCUT2D eigenvalue weighted by atomic mass is 10.1.